The lowest BCUT2D eigenvalue weighted by atomic mass is 10.2. The van der Waals surface area contributed by atoms with Gasteiger partial charge in [0.2, 0.25) is 0 Å². The van der Waals surface area contributed by atoms with Crippen molar-refractivity contribution in [1.82, 2.24) is 4.98 Å². The van der Waals surface area contributed by atoms with E-state index in [1.54, 1.807) is 31.2 Å². The smallest absolute Gasteiger partial charge is 0.348 e. The number of amides is 1. The van der Waals surface area contributed by atoms with Crippen molar-refractivity contribution in [2.45, 2.75) is 18.7 Å². The van der Waals surface area contributed by atoms with Crippen LogP contribution in [-0.4, -0.2) is 38.9 Å². The fourth-order valence-electron chi connectivity index (χ4n) is 3.22. The number of thiophene rings is 1. The van der Waals surface area contributed by atoms with Gasteiger partial charge in [0, 0.05) is 12.6 Å². The topological polar surface area (TPSA) is 106 Å². The predicted octanol–water partition coefficient (Wildman–Crippen LogP) is 4.92. The summed E-state index contributed by atoms with van der Waals surface area (Å²) >= 11 is 2.49. The molecule has 2 aromatic heterocycles. The minimum Gasteiger partial charge on any atom is -0.462 e. The van der Waals surface area contributed by atoms with Crippen LogP contribution in [0.15, 0.2) is 59.5 Å². The third-order valence-electron chi connectivity index (χ3n) is 5.05. The lowest BCUT2D eigenvalue weighted by molar-refractivity contribution is 0.0531. The fraction of sp³-hybridized carbons (Fsp3) is 0.174. The van der Waals surface area contributed by atoms with Crippen molar-refractivity contribution in [2.75, 3.05) is 23.3 Å². The Morgan fingerprint density at radius 2 is 1.74 bits per heavy atom. The number of esters is 1. The molecule has 0 saturated heterocycles. The summed E-state index contributed by atoms with van der Waals surface area (Å²) in [5.74, 6) is -0.793. The van der Waals surface area contributed by atoms with Gasteiger partial charge in [0.05, 0.1) is 21.9 Å². The van der Waals surface area contributed by atoms with Gasteiger partial charge in [0.15, 0.2) is 5.13 Å². The van der Waals surface area contributed by atoms with E-state index in [4.69, 9.17) is 4.74 Å². The van der Waals surface area contributed by atoms with Gasteiger partial charge in [-0.1, -0.05) is 29.5 Å². The van der Waals surface area contributed by atoms with E-state index in [2.05, 4.69) is 10.3 Å². The van der Waals surface area contributed by atoms with Crippen molar-refractivity contribution in [2.24, 2.45) is 0 Å². The first-order chi connectivity index (χ1) is 16.2. The summed E-state index contributed by atoms with van der Waals surface area (Å²) in [4.78, 5) is 30.4. The van der Waals surface area contributed by atoms with E-state index in [1.807, 2.05) is 13.0 Å². The number of hydrogen-bond acceptors (Lipinski definition) is 8. The molecule has 1 N–H and O–H groups in total. The third kappa shape index (κ3) is 4.54. The monoisotopic (exact) mass is 515 g/mol. The Bertz CT molecular complexity index is 1460. The molecule has 0 radical (unpaired) electrons. The van der Waals surface area contributed by atoms with Crippen LogP contribution in [0.5, 0.6) is 0 Å². The first-order valence-electron chi connectivity index (χ1n) is 10.2. The number of nitrogens with one attached hydrogen (secondary N) is 1. The Morgan fingerprint density at radius 3 is 2.35 bits per heavy atom. The molecular formula is C23H21N3O5S3. The zero-order chi connectivity index (χ0) is 24.5. The van der Waals surface area contributed by atoms with Crippen molar-refractivity contribution in [1.29, 1.82) is 0 Å². The van der Waals surface area contributed by atoms with Crippen molar-refractivity contribution < 1.29 is 22.7 Å². The van der Waals surface area contributed by atoms with Crippen LogP contribution in [-0.2, 0) is 14.8 Å². The number of ether oxygens (including phenoxy) is 1. The molecule has 34 heavy (non-hydrogen) atoms. The van der Waals surface area contributed by atoms with E-state index in [-0.39, 0.29) is 10.9 Å². The summed E-state index contributed by atoms with van der Waals surface area (Å²) in [5, 5.41) is 3.13. The molecule has 2 heterocycles. The Labute approximate surface area is 204 Å². The molecule has 0 unspecified atom stereocenters. The molecular weight excluding hydrogens is 494 g/mol. The highest BCUT2D eigenvalue weighted by Crippen LogP contribution is 2.37. The summed E-state index contributed by atoms with van der Waals surface area (Å²) in [7, 11) is -2.29. The van der Waals surface area contributed by atoms with E-state index in [9.17, 15) is 18.0 Å². The van der Waals surface area contributed by atoms with E-state index in [1.165, 1.54) is 58.3 Å². The van der Waals surface area contributed by atoms with Gasteiger partial charge in [-0.3, -0.25) is 14.4 Å². The lowest BCUT2D eigenvalue weighted by Crippen LogP contribution is -2.26. The van der Waals surface area contributed by atoms with Gasteiger partial charge >= 0.3 is 5.97 Å². The van der Waals surface area contributed by atoms with E-state index >= 15 is 0 Å². The molecule has 0 bridgehead atoms. The highest BCUT2D eigenvalue weighted by Gasteiger charge is 2.23. The zero-order valence-corrected chi connectivity index (χ0v) is 21.0. The maximum Gasteiger partial charge on any atom is 0.348 e. The van der Waals surface area contributed by atoms with E-state index in [0.29, 0.717) is 32.7 Å². The van der Waals surface area contributed by atoms with Gasteiger partial charge in [-0.15, -0.1) is 11.3 Å². The number of aryl methyl sites for hydroxylation is 1. The van der Waals surface area contributed by atoms with Crippen LogP contribution in [0.25, 0.3) is 9.53 Å². The SMILES string of the molecule is CCOC(=O)c1sc2nc(NC(=O)c3ccc(S(=O)(=O)N(C)c4ccccc4)cc3)sc2c1C. The summed E-state index contributed by atoms with van der Waals surface area (Å²) < 4.78 is 32.9. The average molecular weight is 516 g/mol. The third-order valence-corrected chi connectivity index (χ3v) is 9.24. The molecule has 0 saturated carbocycles. The number of benzene rings is 2. The number of sulfonamides is 1. The molecule has 176 valence electrons. The molecule has 0 aliphatic carbocycles. The van der Waals surface area contributed by atoms with Gasteiger partial charge in [0.1, 0.15) is 9.71 Å². The Kier molecular flexibility index (Phi) is 6.69. The first-order valence-corrected chi connectivity index (χ1v) is 13.3. The molecule has 1 amide bonds. The highest BCUT2D eigenvalue weighted by molar-refractivity contribution is 7.92. The molecule has 0 aliphatic rings. The summed E-state index contributed by atoms with van der Waals surface area (Å²) in [6, 6.07) is 14.5. The van der Waals surface area contributed by atoms with Crippen LogP contribution in [0.1, 0.15) is 32.5 Å². The minimum absolute atomic E-state index is 0.0762. The second-order valence-corrected chi connectivity index (χ2v) is 11.2. The van der Waals surface area contributed by atoms with Gasteiger partial charge in [-0.2, -0.15) is 0 Å². The zero-order valence-electron chi connectivity index (χ0n) is 18.6. The maximum absolute atomic E-state index is 12.9. The molecule has 4 aromatic rings. The molecule has 4 rings (SSSR count). The number of thiazole rings is 1. The molecule has 2 aromatic carbocycles. The van der Waals surface area contributed by atoms with Gasteiger partial charge in [-0.05, 0) is 55.8 Å². The first kappa shape index (κ1) is 23.9. The normalized spacial score (nSPS) is 11.4. The van der Waals surface area contributed by atoms with Crippen LogP contribution >= 0.6 is 22.7 Å². The number of carbonyl (C=O) groups excluding carboxylic acids is 2. The van der Waals surface area contributed by atoms with Crippen molar-refractivity contribution >= 4 is 64.9 Å². The lowest BCUT2D eigenvalue weighted by Gasteiger charge is -2.19. The van der Waals surface area contributed by atoms with Crippen LogP contribution in [0, 0.1) is 6.92 Å². The summed E-state index contributed by atoms with van der Waals surface area (Å²) in [5.41, 5.74) is 1.60. The molecule has 8 nitrogen and oxygen atoms in total. The van der Waals surface area contributed by atoms with Crippen molar-refractivity contribution in [3.05, 3.63) is 70.6 Å². The number of rotatable bonds is 7. The number of fused-ring (bicyclic) bond motifs is 1. The molecule has 0 aliphatic heterocycles. The number of carbonyl (C=O) groups is 2. The number of para-hydroxylation sites is 1. The highest BCUT2D eigenvalue weighted by atomic mass is 32.2. The minimum atomic E-state index is -3.77. The molecule has 0 atom stereocenters. The standard InChI is InChI=1S/C23H21N3O5S3/c1-4-31-22(28)19-14(2)18-21(32-19)25-23(33-18)24-20(27)15-10-12-17(13-11-15)34(29,30)26(3)16-8-6-5-7-9-16/h5-13H,4H2,1-3H3,(H,24,25,27). The number of nitrogens with zero attached hydrogens (tertiary/aromatic N) is 2. The van der Waals surface area contributed by atoms with Crippen LogP contribution in [0.4, 0.5) is 10.8 Å². The van der Waals surface area contributed by atoms with E-state index in [0.717, 1.165) is 10.3 Å². The van der Waals surface area contributed by atoms with Crippen molar-refractivity contribution in [3.8, 4) is 0 Å². The number of anilines is 2. The van der Waals surface area contributed by atoms with Crippen molar-refractivity contribution in [3.63, 3.8) is 0 Å². The molecule has 0 spiro atoms. The van der Waals surface area contributed by atoms with E-state index < -0.39 is 15.9 Å². The van der Waals surface area contributed by atoms with Gasteiger partial charge in [0.25, 0.3) is 15.9 Å². The van der Waals surface area contributed by atoms with Gasteiger partial charge < -0.3 is 4.74 Å². The Balaban J connectivity index is 1.50. The molecule has 11 heteroatoms. The van der Waals surface area contributed by atoms with Crippen LogP contribution in [0.2, 0.25) is 0 Å². The number of aromatic nitrogens is 1. The van der Waals surface area contributed by atoms with Gasteiger partial charge in [-0.25, -0.2) is 18.2 Å². The quantitative estimate of drug-likeness (QED) is 0.350. The second kappa shape index (κ2) is 9.53. The predicted molar refractivity (Wildman–Crippen MR) is 135 cm³/mol. The van der Waals surface area contributed by atoms with Crippen LogP contribution < -0.4 is 9.62 Å². The Hall–Kier alpha value is -3.28. The fourth-order valence-corrected chi connectivity index (χ4v) is 6.62. The van der Waals surface area contributed by atoms with Crippen LogP contribution in [0.3, 0.4) is 0 Å². The Morgan fingerprint density at radius 1 is 1.06 bits per heavy atom. The number of hydrogen-bond donors (Lipinski definition) is 1. The largest absolute Gasteiger partial charge is 0.462 e. The molecule has 0 fully saturated rings. The summed E-state index contributed by atoms with van der Waals surface area (Å²) in [6.07, 6.45) is 0. The second-order valence-electron chi connectivity index (χ2n) is 7.22. The maximum atomic E-state index is 12.9. The average Bonchev–Trinajstić information content (AvgIpc) is 3.37. The summed E-state index contributed by atoms with van der Waals surface area (Å²) in [6.45, 7) is 3.86.